The van der Waals surface area contributed by atoms with Gasteiger partial charge >= 0.3 is 0 Å². The normalized spacial score (nSPS) is 13.7. The molecule has 0 heterocycles. The molecule has 0 aromatic carbocycles. The third kappa shape index (κ3) is 2.54. The molecule has 6 heavy (non-hydrogen) atoms. The highest BCUT2D eigenvalue weighted by atomic mass is 35.7. The highest BCUT2D eigenvalue weighted by Gasteiger charge is 1.92. The number of hydrogen-bond donors (Lipinski definition) is 0. The maximum Gasteiger partial charge on any atom is 0.133 e. The van der Waals surface area contributed by atoms with Gasteiger partial charge in [0.15, 0.2) is 0 Å². The van der Waals surface area contributed by atoms with Gasteiger partial charge in [-0.1, -0.05) is 0 Å². The second-order valence-corrected chi connectivity index (χ2v) is 2.39. The van der Waals surface area contributed by atoms with Gasteiger partial charge in [-0.3, -0.25) is 0 Å². The lowest BCUT2D eigenvalue weighted by Crippen LogP contribution is -1.90. The lowest BCUT2D eigenvalue weighted by atomic mass is 10.6. The summed E-state index contributed by atoms with van der Waals surface area (Å²) in [6.45, 7) is 1.74. The molecule has 1 unspecified atom stereocenters. The molecule has 0 radical (unpaired) electrons. The topological polar surface area (TPSA) is 17.1 Å². The third-order valence-electron chi connectivity index (χ3n) is 0.332. The fraction of sp³-hybridized carbons (Fsp3) is 0.667. The molecule has 0 saturated carbocycles. The van der Waals surface area contributed by atoms with Gasteiger partial charge in [0.1, 0.15) is 6.29 Å². The lowest BCUT2D eigenvalue weighted by molar-refractivity contribution is -0.107. The summed E-state index contributed by atoms with van der Waals surface area (Å²) in [7, 11) is 6.17. The van der Waals surface area contributed by atoms with Crippen LogP contribution in [0.3, 0.4) is 0 Å². The van der Waals surface area contributed by atoms with Crippen LogP contribution in [0.1, 0.15) is 6.92 Å². The summed E-state index contributed by atoms with van der Waals surface area (Å²) in [6.07, 6.45) is 0.803. The molecule has 0 bridgehead atoms. The first-order valence-electron chi connectivity index (χ1n) is 1.54. The molecule has 0 aromatic heterocycles. The Kier molecular flexibility index (Phi) is 3.68. The molecule has 0 saturated heterocycles. The molecule has 1 atom stereocenters. The van der Waals surface area contributed by atoms with Gasteiger partial charge < -0.3 is 4.79 Å². The summed E-state index contributed by atoms with van der Waals surface area (Å²) >= 11 is 0. The molecule has 36 valence electrons. The average Bonchev–Trinajstić information content (AvgIpc) is 1.65. The van der Waals surface area contributed by atoms with E-state index in [2.05, 4.69) is 0 Å². The van der Waals surface area contributed by atoms with Gasteiger partial charge in [-0.15, -0.1) is 0 Å². The summed E-state index contributed by atoms with van der Waals surface area (Å²) in [6, 6.07) is 0. The zero-order chi connectivity index (χ0) is 4.99. The van der Waals surface area contributed by atoms with Gasteiger partial charge in [-0.05, 0) is 28.6 Å². The molecular formula is C3H5ClOS. The number of carbonyl (C=O) groups is 1. The number of carbonyl (C=O) groups excluding carboxylic acids is 1. The van der Waals surface area contributed by atoms with Crippen LogP contribution in [0.25, 0.3) is 0 Å². The molecule has 0 aliphatic carbocycles. The van der Waals surface area contributed by atoms with E-state index < -0.39 is 0 Å². The predicted molar refractivity (Wildman–Crippen MR) is 29.0 cm³/mol. The predicted octanol–water partition coefficient (Wildman–Crippen LogP) is 1.46. The summed E-state index contributed by atoms with van der Waals surface area (Å²) in [5, 5.41) is -0.0633. The Morgan fingerprint density at radius 3 is 2.50 bits per heavy atom. The zero-order valence-electron chi connectivity index (χ0n) is 3.35. The smallest absolute Gasteiger partial charge is 0.133 e. The second-order valence-electron chi connectivity index (χ2n) is 0.930. The van der Waals surface area contributed by atoms with Crippen LogP contribution in [0, 0.1) is 0 Å². The first-order chi connectivity index (χ1) is 2.81. The second kappa shape index (κ2) is 3.50. The Labute approximate surface area is 45.6 Å². The van der Waals surface area contributed by atoms with E-state index >= 15 is 0 Å². The van der Waals surface area contributed by atoms with Crippen molar-refractivity contribution in [2.45, 2.75) is 12.2 Å². The van der Waals surface area contributed by atoms with Crippen molar-refractivity contribution in [3.8, 4) is 0 Å². The molecule has 0 aliphatic rings. The van der Waals surface area contributed by atoms with Crippen LogP contribution >= 0.6 is 21.7 Å². The number of aldehydes is 1. The minimum absolute atomic E-state index is 0.0633. The van der Waals surface area contributed by atoms with E-state index in [1.807, 2.05) is 0 Å². The van der Waals surface area contributed by atoms with E-state index in [9.17, 15) is 4.79 Å². The first-order valence-corrected chi connectivity index (χ1v) is 3.24. The van der Waals surface area contributed by atoms with Crippen LogP contribution < -0.4 is 0 Å². The number of hydrogen-bond acceptors (Lipinski definition) is 2. The van der Waals surface area contributed by atoms with Crippen LogP contribution in [0.5, 0.6) is 0 Å². The Hall–Kier alpha value is 0.310. The van der Waals surface area contributed by atoms with Crippen molar-refractivity contribution >= 4 is 27.9 Å². The average molecular weight is 125 g/mol. The van der Waals surface area contributed by atoms with Gasteiger partial charge in [0.05, 0.1) is 5.25 Å². The molecule has 0 aliphatic heterocycles. The first kappa shape index (κ1) is 6.31. The van der Waals surface area contributed by atoms with E-state index in [-0.39, 0.29) is 5.25 Å². The quantitative estimate of drug-likeness (QED) is 0.519. The SMILES string of the molecule is CC(C=O)SCl. The summed E-state index contributed by atoms with van der Waals surface area (Å²) in [5.74, 6) is 0. The fourth-order valence-electron chi connectivity index (χ4n) is 0.0210. The molecular weight excluding hydrogens is 120 g/mol. The van der Waals surface area contributed by atoms with Crippen molar-refractivity contribution in [3.63, 3.8) is 0 Å². The molecule has 3 heteroatoms. The van der Waals surface area contributed by atoms with Crippen LogP contribution in [0.2, 0.25) is 0 Å². The van der Waals surface area contributed by atoms with Gasteiger partial charge in [-0.25, -0.2) is 0 Å². The third-order valence-corrected chi connectivity index (χ3v) is 1.57. The van der Waals surface area contributed by atoms with E-state index in [4.69, 9.17) is 10.7 Å². The molecule has 0 amide bonds. The van der Waals surface area contributed by atoms with Crippen molar-refractivity contribution in [1.82, 2.24) is 0 Å². The van der Waals surface area contributed by atoms with Gasteiger partial charge in [-0.2, -0.15) is 0 Å². The number of rotatable bonds is 2. The van der Waals surface area contributed by atoms with Crippen LogP contribution in [0.4, 0.5) is 0 Å². The maximum absolute atomic E-state index is 9.63. The number of halogens is 1. The molecule has 1 nitrogen and oxygen atoms in total. The lowest BCUT2D eigenvalue weighted by Gasteiger charge is -1.86. The van der Waals surface area contributed by atoms with Crippen molar-refractivity contribution in [2.24, 2.45) is 0 Å². The van der Waals surface area contributed by atoms with E-state index in [0.717, 1.165) is 17.3 Å². The standard InChI is InChI=1S/C3H5ClOS/c1-3(2-5)6-4/h2-3H,1H3. The van der Waals surface area contributed by atoms with Gasteiger partial charge in [0.25, 0.3) is 0 Å². The highest BCUT2D eigenvalue weighted by Crippen LogP contribution is 2.11. The summed E-state index contributed by atoms with van der Waals surface area (Å²) in [4.78, 5) is 9.63. The molecule has 0 spiro atoms. The van der Waals surface area contributed by atoms with Gasteiger partial charge in [0.2, 0.25) is 0 Å². The van der Waals surface area contributed by atoms with Crippen molar-refractivity contribution in [1.29, 1.82) is 0 Å². The van der Waals surface area contributed by atoms with Crippen molar-refractivity contribution in [3.05, 3.63) is 0 Å². The summed E-state index contributed by atoms with van der Waals surface area (Å²) in [5.41, 5.74) is 0. The Morgan fingerprint density at radius 1 is 2.00 bits per heavy atom. The monoisotopic (exact) mass is 124 g/mol. The van der Waals surface area contributed by atoms with Crippen LogP contribution in [-0.2, 0) is 4.79 Å². The minimum atomic E-state index is -0.0633. The van der Waals surface area contributed by atoms with Gasteiger partial charge in [0, 0.05) is 0 Å². The largest absolute Gasteiger partial charge is 0.302 e. The summed E-state index contributed by atoms with van der Waals surface area (Å²) < 4.78 is 0. The zero-order valence-corrected chi connectivity index (χ0v) is 4.92. The molecule has 0 N–H and O–H groups in total. The van der Waals surface area contributed by atoms with Crippen molar-refractivity contribution < 1.29 is 4.79 Å². The Bertz CT molecular complexity index is 48.1. The Balaban J connectivity index is 2.96. The van der Waals surface area contributed by atoms with E-state index in [1.54, 1.807) is 6.92 Å². The molecule has 0 rings (SSSR count). The highest BCUT2D eigenvalue weighted by molar-refractivity contribution is 8.22. The van der Waals surface area contributed by atoms with E-state index in [0.29, 0.717) is 0 Å². The minimum Gasteiger partial charge on any atom is -0.302 e. The Morgan fingerprint density at radius 2 is 2.50 bits per heavy atom. The van der Waals surface area contributed by atoms with Crippen molar-refractivity contribution in [2.75, 3.05) is 0 Å². The molecule has 0 fully saturated rings. The molecule has 0 aromatic rings. The van der Waals surface area contributed by atoms with Crippen LogP contribution in [-0.4, -0.2) is 11.5 Å². The fourth-order valence-corrected chi connectivity index (χ4v) is 0.189. The van der Waals surface area contributed by atoms with Crippen LogP contribution in [0.15, 0.2) is 0 Å². The van der Waals surface area contributed by atoms with E-state index in [1.165, 1.54) is 0 Å². The maximum atomic E-state index is 9.63.